The van der Waals surface area contributed by atoms with Crippen molar-refractivity contribution < 1.29 is 5.11 Å². The van der Waals surface area contributed by atoms with Crippen LogP contribution in [0.15, 0.2) is 30.6 Å². The Hall–Kier alpha value is -1.28. The molecule has 0 amide bonds. The van der Waals surface area contributed by atoms with Crippen LogP contribution in [0.4, 0.5) is 0 Å². The number of hydrogen-bond donors (Lipinski definition) is 1. The van der Waals surface area contributed by atoms with Crippen LogP contribution in [-0.4, -0.2) is 9.67 Å². The van der Waals surface area contributed by atoms with Crippen LogP contribution in [0.2, 0.25) is 0 Å². The molecule has 15 heavy (non-hydrogen) atoms. The van der Waals surface area contributed by atoms with Crippen LogP contribution in [0.25, 0.3) is 10.8 Å². The van der Waals surface area contributed by atoms with Gasteiger partial charge in [-0.3, -0.25) is 0 Å². The van der Waals surface area contributed by atoms with Crippen molar-refractivity contribution in [1.29, 1.82) is 0 Å². The Bertz CT molecular complexity index is 477. The predicted octanol–water partition coefficient (Wildman–Crippen LogP) is 2.89. The van der Waals surface area contributed by atoms with Crippen molar-refractivity contribution in [3.05, 3.63) is 36.2 Å². The average molecular weight is 203 g/mol. The van der Waals surface area contributed by atoms with Crippen molar-refractivity contribution in [2.45, 2.75) is 32.9 Å². The Morgan fingerprint density at radius 2 is 1.80 bits per heavy atom. The van der Waals surface area contributed by atoms with E-state index in [0.717, 1.165) is 5.56 Å². The summed E-state index contributed by atoms with van der Waals surface area (Å²) in [7, 11) is 0. The van der Waals surface area contributed by atoms with E-state index in [4.69, 9.17) is 5.11 Å². The van der Waals surface area contributed by atoms with Gasteiger partial charge < -0.3 is 9.67 Å². The number of hydrogen-bond acceptors (Lipinski definition) is 1. The zero-order valence-electron chi connectivity index (χ0n) is 9.49. The summed E-state index contributed by atoms with van der Waals surface area (Å²) >= 11 is 0. The average Bonchev–Trinajstić information content (AvgIpc) is 2.59. The highest BCUT2D eigenvalue weighted by molar-refractivity contribution is 5.83. The summed E-state index contributed by atoms with van der Waals surface area (Å²) < 4.78 is 2.21. The van der Waals surface area contributed by atoms with E-state index in [0.29, 0.717) is 0 Å². The number of nitrogens with zero attached hydrogens (tertiary/aromatic N) is 1. The second-order valence-electron chi connectivity index (χ2n) is 4.96. The molecule has 1 aromatic heterocycles. The molecule has 1 heterocycles. The molecule has 2 rings (SSSR count). The minimum absolute atomic E-state index is 0.108. The van der Waals surface area contributed by atoms with Crippen LogP contribution in [-0.2, 0) is 12.1 Å². The lowest BCUT2D eigenvalue weighted by Gasteiger charge is -2.20. The van der Waals surface area contributed by atoms with E-state index in [2.05, 4.69) is 43.8 Å². The first kappa shape index (κ1) is 10.2. The van der Waals surface area contributed by atoms with Crippen molar-refractivity contribution in [2.75, 3.05) is 0 Å². The molecular weight excluding hydrogens is 186 g/mol. The minimum atomic E-state index is 0.108. The van der Waals surface area contributed by atoms with Gasteiger partial charge in [0.25, 0.3) is 0 Å². The van der Waals surface area contributed by atoms with Gasteiger partial charge >= 0.3 is 0 Å². The third-order valence-corrected chi connectivity index (χ3v) is 2.66. The van der Waals surface area contributed by atoms with E-state index in [9.17, 15) is 0 Å². The first-order valence-electron chi connectivity index (χ1n) is 5.23. The summed E-state index contributed by atoms with van der Waals surface area (Å²) in [6.45, 7) is 6.65. The molecule has 0 bridgehead atoms. The highest BCUT2D eigenvalue weighted by Crippen LogP contribution is 2.22. The summed E-state index contributed by atoms with van der Waals surface area (Å²) in [4.78, 5) is 0. The fourth-order valence-corrected chi connectivity index (χ4v) is 1.68. The van der Waals surface area contributed by atoms with E-state index in [1.807, 2.05) is 12.1 Å². The molecule has 0 fully saturated rings. The van der Waals surface area contributed by atoms with Crippen LogP contribution >= 0.6 is 0 Å². The second kappa shape index (κ2) is 3.38. The van der Waals surface area contributed by atoms with Gasteiger partial charge in [0.2, 0.25) is 0 Å². The number of benzene rings is 1. The smallest absolute Gasteiger partial charge is 0.0682 e. The van der Waals surface area contributed by atoms with Gasteiger partial charge in [0, 0.05) is 17.9 Å². The molecule has 2 nitrogen and oxygen atoms in total. The maximum absolute atomic E-state index is 9.06. The fraction of sp³-hybridized carbons (Fsp3) is 0.385. The molecule has 80 valence electrons. The SMILES string of the molecule is CC(C)(C)n1cc2ccc(CO)cc2c1. The topological polar surface area (TPSA) is 25.2 Å². The van der Waals surface area contributed by atoms with E-state index in [1.165, 1.54) is 10.8 Å². The van der Waals surface area contributed by atoms with Gasteiger partial charge in [-0.05, 0) is 43.2 Å². The van der Waals surface area contributed by atoms with Gasteiger partial charge in [-0.2, -0.15) is 0 Å². The standard InChI is InChI=1S/C13H17NO/c1-13(2,3)14-7-11-5-4-10(9-15)6-12(11)8-14/h4-8,15H,9H2,1-3H3. The van der Waals surface area contributed by atoms with Crippen molar-refractivity contribution >= 4 is 10.8 Å². The number of aliphatic hydroxyl groups excluding tert-OH is 1. The molecule has 2 aromatic rings. The first-order valence-corrected chi connectivity index (χ1v) is 5.23. The maximum Gasteiger partial charge on any atom is 0.0682 e. The molecule has 0 spiro atoms. The van der Waals surface area contributed by atoms with Gasteiger partial charge in [0.05, 0.1) is 6.61 Å². The van der Waals surface area contributed by atoms with Crippen molar-refractivity contribution in [2.24, 2.45) is 0 Å². The lowest BCUT2D eigenvalue weighted by atomic mass is 10.1. The van der Waals surface area contributed by atoms with Crippen LogP contribution in [0.5, 0.6) is 0 Å². The van der Waals surface area contributed by atoms with E-state index >= 15 is 0 Å². The molecule has 0 atom stereocenters. The largest absolute Gasteiger partial charge is 0.392 e. The third kappa shape index (κ3) is 1.90. The van der Waals surface area contributed by atoms with Gasteiger partial charge in [-0.1, -0.05) is 12.1 Å². The number of fused-ring (bicyclic) bond motifs is 1. The molecule has 0 aliphatic rings. The zero-order valence-corrected chi connectivity index (χ0v) is 9.49. The molecule has 0 saturated carbocycles. The Morgan fingerprint density at radius 1 is 1.13 bits per heavy atom. The van der Waals surface area contributed by atoms with Crippen LogP contribution in [0.3, 0.4) is 0 Å². The Morgan fingerprint density at radius 3 is 2.40 bits per heavy atom. The van der Waals surface area contributed by atoms with Crippen LogP contribution in [0.1, 0.15) is 26.3 Å². The number of aliphatic hydroxyl groups is 1. The summed E-state index contributed by atoms with van der Waals surface area (Å²) in [6.07, 6.45) is 4.28. The van der Waals surface area contributed by atoms with Gasteiger partial charge in [0.15, 0.2) is 0 Å². The molecule has 0 saturated heterocycles. The van der Waals surface area contributed by atoms with Gasteiger partial charge in [-0.25, -0.2) is 0 Å². The molecule has 0 radical (unpaired) electrons. The molecule has 1 aromatic carbocycles. The summed E-state index contributed by atoms with van der Waals surface area (Å²) in [5.74, 6) is 0. The van der Waals surface area contributed by atoms with E-state index < -0.39 is 0 Å². The number of rotatable bonds is 1. The minimum Gasteiger partial charge on any atom is -0.392 e. The molecule has 2 heteroatoms. The monoisotopic (exact) mass is 203 g/mol. The molecule has 0 unspecified atom stereocenters. The normalized spacial score (nSPS) is 12.3. The Kier molecular flexibility index (Phi) is 2.31. The Balaban J connectivity index is 2.56. The summed E-state index contributed by atoms with van der Waals surface area (Å²) in [5.41, 5.74) is 1.08. The quantitative estimate of drug-likeness (QED) is 0.757. The highest BCUT2D eigenvalue weighted by atomic mass is 16.3. The molecule has 0 aliphatic heterocycles. The second-order valence-corrected chi connectivity index (χ2v) is 4.96. The lowest BCUT2D eigenvalue weighted by Crippen LogP contribution is -2.19. The fourth-order valence-electron chi connectivity index (χ4n) is 1.68. The zero-order chi connectivity index (χ0) is 11.1. The lowest BCUT2D eigenvalue weighted by molar-refractivity contribution is 0.282. The van der Waals surface area contributed by atoms with Gasteiger partial charge in [-0.15, -0.1) is 0 Å². The van der Waals surface area contributed by atoms with Crippen LogP contribution in [0, 0.1) is 0 Å². The molecular formula is C13H17NO. The summed E-state index contributed by atoms with van der Waals surface area (Å²) in [5, 5.41) is 11.5. The van der Waals surface area contributed by atoms with Gasteiger partial charge in [0.1, 0.15) is 0 Å². The predicted molar refractivity (Wildman–Crippen MR) is 62.9 cm³/mol. The maximum atomic E-state index is 9.06. The van der Waals surface area contributed by atoms with Crippen molar-refractivity contribution in [3.63, 3.8) is 0 Å². The van der Waals surface area contributed by atoms with Crippen molar-refractivity contribution in [3.8, 4) is 0 Å². The van der Waals surface area contributed by atoms with E-state index in [1.54, 1.807) is 0 Å². The Labute approximate surface area is 90.2 Å². The first-order chi connectivity index (χ1) is 7.00. The van der Waals surface area contributed by atoms with E-state index in [-0.39, 0.29) is 12.1 Å². The van der Waals surface area contributed by atoms with Crippen LogP contribution < -0.4 is 0 Å². The number of aromatic nitrogens is 1. The molecule has 1 N–H and O–H groups in total. The molecule has 0 aliphatic carbocycles. The summed E-state index contributed by atoms with van der Waals surface area (Å²) in [6, 6.07) is 6.07. The van der Waals surface area contributed by atoms with Crippen molar-refractivity contribution in [1.82, 2.24) is 4.57 Å². The third-order valence-electron chi connectivity index (χ3n) is 2.66. The highest BCUT2D eigenvalue weighted by Gasteiger charge is 2.12.